The molecule has 0 bridgehead atoms. The van der Waals surface area contributed by atoms with Gasteiger partial charge in [-0.05, 0) is 48.6 Å². The number of halogens is 2. The Hall–Kier alpha value is -2.53. The Morgan fingerprint density at radius 2 is 1.70 bits per heavy atom. The molecule has 1 atom stereocenters. The lowest BCUT2D eigenvalue weighted by Gasteiger charge is -2.15. The number of nitrogens with zero attached hydrogens (tertiary/aromatic N) is 3. The second-order valence-electron chi connectivity index (χ2n) is 7.40. The van der Waals surface area contributed by atoms with Gasteiger partial charge in [-0.3, -0.25) is 9.58 Å². The quantitative estimate of drug-likeness (QED) is 0.649. The summed E-state index contributed by atoms with van der Waals surface area (Å²) < 4.78 is 28.7. The zero-order valence-corrected chi connectivity index (χ0v) is 15.2. The van der Waals surface area contributed by atoms with E-state index in [0.717, 1.165) is 50.7 Å². The van der Waals surface area contributed by atoms with Crippen molar-refractivity contribution in [2.75, 3.05) is 13.1 Å². The largest absolute Gasteiger partial charge is 0.299 e. The highest BCUT2D eigenvalue weighted by Gasteiger charge is 2.23. The normalized spacial score (nSPS) is 17.5. The van der Waals surface area contributed by atoms with Crippen molar-refractivity contribution in [2.45, 2.75) is 25.9 Å². The Bertz CT molecular complexity index is 871. The first-order valence-electron chi connectivity index (χ1n) is 9.36. The van der Waals surface area contributed by atoms with Crippen LogP contribution in [0.1, 0.15) is 23.1 Å². The van der Waals surface area contributed by atoms with Crippen molar-refractivity contribution in [1.82, 2.24) is 14.7 Å². The van der Waals surface area contributed by atoms with Crippen LogP contribution in [-0.2, 0) is 19.5 Å². The van der Waals surface area contributed by atoms with Crippen LogP contribution in [0.25, 0.3) is 0 Å². The van der Waals surface area contributed by atoms with Crippen LogP contribution in [0, 0.1) is 17.6 Å². The summed E-state index contributed by atoms with van der Waals surface area (Å²) in [6.07, 6.45) is 5.80. The molecule has 2 aromatic carbocycles. The van der Waals surface area contributed by atoms with Crippen molar-refractivity contribution in [3.8, 4) is 0 Å². The molecule has 1 fully saturated rings. The molecule has 3 aromatic rings. The molecular formula is C22H23F2N3. The van der Waals surface area contributed by atoms with Gasteiger partial charge in [-0.1, -0.05) is 30.3 Å². The van der Waals surface area contributed by atoms with Gasteiger partial charge in [-0.25, -0.2) is 8.78 Å². The second-order valence-corrected chi connectivity index (χ2v) is 7.40. The lowest BCUT2D eigenvalue weighted by atomic mass is 9.98. The van der Waals surface area contributed by atoms with Gasteiger partial charge in [0, 0.05) is 30.9 Å². The van der Waals surface area contributed by atoms with E-state index in [9.17, 15) is 8.78 Å². The van der Waals surface area contributed by atoms with Gasteiger partial charge in [0.2, 0.25) is 0 Å². The third-order valence-corrected chi connectivity index (χ3v) is 5.10. The van der Waals surface area contributed by atoms with Crippen LogP contribution in [0.15, 0.2) is 60.9 Å². The van der Waals surface area contributed by atoms with Gasteiger partial charge in [-0.15, -0.1) is 0 Å². The highest BCUT2D eigenvalue weighted by molar-refractivity contribution is 5.19. The molecule has 0 aliphatic carbocycles. The van der Waals surface area contributed by atoms with E-state index in [0.29, 0.717) is 5.92 Å². The zero-order chi connectivity index (χ0) is 18.6. The third-order valence-electron chi connectivity index (χ3n) is 5.10. The van der Waals surface area contributed by atoms with E-state index in [1.807, 2.05) is 29.1 Å². The van der Waals surface area contributed by atoms with Crippen molar-refractivity contribution in [2.24, 2.45) is 5.92 Å². The molecule has 2 heterocycles. The van der Waals surface area contributed by atoms with Crippen molar-refractivity contribution < 1.29 is 8.78 Å². The Morgan fingerprint density at radius 3 is 2.48 bits per heavy atom. The van der Waals surface area contributed by atoms with Crippen LogP contribution in [0.3, 0.4) is 0 Å². The van der Waals surface area contributed by atoms with Crippen LogP contribution < -0.4 is 0 Å². The van der Waals surface area contributed by atoms with E-state index >= 15 is 0 Å². The Morgan fingerprint density at radius 1 is 0.926 bits per heavy atom. The number of aromatic nitrogens is 2. The molecule has 1 aliphatic heterocycles. The molecule has 1 aromatic heterocycles. The van der Waals surface area contributed by atoms with Gasteiger partial charge in [-0.2, -0.15) is 5.10 Å². The van der Waals surface area contributed by atoms with Crippen LogP contribution in [-0.4, -0.2) is 27.8 Å². The zero-order valence-electron chi connectivity index (χ0n) is 15.2. The van der Waals surface area contributed by atoms with Crippen molar-refractivity contribution >= 4 is 0 Å². The maximum Gasteiger partial charge on any atom is 0.126 e. The average molecular weight is 367 g/mol. The van der Waals surface area contributed by atoms with Crippen LogP contribution in [0.5, 0.6) is 0 Å². The Balaban J connectivity index is 1.31. The topological polar surface area (TPSA) is 21.1 Å². The first-order chi connectivity index (χ1) is 13.1. The summed E-state index contributed by atoms with van der Waals surface area (Å²) in [6, 6.07) is 14.1. The van der Waals surface area contributed by atoms with Gasteiger partial charge in [0.25, 0.3) is 0 Å². The fourth-order valence-electron chi connectivity index (χ4n) is 3.89. The van der Waals surface area contributed by atoms with Crippen LogP contribution in [0.2, 0.25) is 0 Å². The van der Waals surface area contributed by atoms with Crippen LogP contribution >= 0.6 is 0 Å². The smallest absolute Gasteiger partial charge is 0.126 e. The van der Waals surface area contributed by atoms with Crippen molar-refractivity contribution in [3.63, 3.8) is 0 Å². The van der Waals surface area contributed by atoms with E-state index in [2.05, 4.69) is 28.3 Å². The fraction of sp³-hybridized carbons (Fsp3) is 0.318. The summed E-state index contributed by atoms with van der Waals surface area (Å²) in [6.45, 7) is 3.59. The summed E-state index contributed by atoms with van der Waals surface area (Å²) in [5.41, 5.74) is 3.18. The molecular weight excluding hydrogens is 344 g/mol. The second kappa shape index (κ2) is 8.01. The van der Waals surface area contributed by atoms with Crippen molar-refractivity contribution in [1.29, 1.82) is 0 Å². The minimum atomic E-state index is -0.495. The molecule has 1 unspecified atom stereocenters. The van der Waals surface area contributed by atoms with E-state index in [1.54, 1.807) is 0 Å². The molecule has 3 nitrogen and oxygen atoms in total. The van der Waals surface area contributed by atoms with E-state index in [1.165, 1.54) is 23.3 Å². The average Bonchev–Trinajstić information content (AvgIpc) is 3.25. The lowest BCUT2D eigenvalue weighted by Crippen LogP contribution is -2.20. The first kappa shape index (κ1) is 17.9. The number of likely N-dealkylation sites (tertiary alicyclic amines) is 1. The SMILES string of the molecule is Fc1cc(F)cc(CC2CCN(Cc3cnn(Cc4ccccc4)c3)C2)c1. The predicted molar refractivity (Wildman–Crippen MR) is 101 cm³/mol. The number of benzene rings is 2. The lowest BCUT2D eigenvalue weighted by molar-refractivity contribution is 0.316. The van der Waals surface area contributed by atoms with Gasteiger partial charge in [0.1, 0.15) is 11.6 Å². The summed E-state index contributed by atoms with van der Waals surface area (Å²) in [7, 11) is 0. The molecule has 0 radical (unpaired) electrons. The number of hydrogen-bond acceptors (Lipinski definition) is 2. The monoisotopic (exact) mass is 367 g/mol. The van der Waals surface area contributed by atoms with E-state index in [-0.39, 0.29) is 0 Å². The summed E-state index contributed by atoms with van der Waals surface area (Å²) >= 11 is 0. The molecule has 1 aliphatic rings. The molecule has 27 heavy (non-hydrogen) atoms. The summed E-state index contributed by atoms with van der Waals surface area (Å²) in [5.74, 6) is -0.554. The standard InChI is InChI=1S/C22H23F2N3/c23-21-9-19(10-22(24)11-21)8-18-6-7-26(13-18)14-20-12-25-27(16-20)15-17-4-2-1-3-5-17/h1-5,9-12,16,18H,6-8,13-15H2. The molecule has 0 spiro atoms. The number of rotatable bonds is 6. The molecule has 5 heteroatoms. The summed E-state index contributed by atoms with van der Waals surface area (Å²) in [5, 5.41) is 4.47. The molecule has 0 saturated carbocycles. The molecule has 140 valence electrons. The molecule has 0 N–H and O–H groups in total. The first-order valence-corrected chi connectivity index (χ1v) is 9.36. The maximum atomic E-state index is 13.4. The number of hydrogen-bond donors (Lipinski definition) is 0. The van der Waals surface area contributed by atoms with Gasteiger partial charge >= 0.3 is 0 Å². The summed E-state index contributed by atoms with van der Waals surface area (Å²) in [4.78, 5) is 2.39. The fourth-order valence-corrected chi connectivity index (χ4v) is 3.89. The van der Waals surface area contributed by atoms with E-state index < -0.39 is 11.6 Å². The van der Waals surface area contributed by atoms with Gasteiger partial charge in [0.15, 0.2) is 0 Å². The van der Waals surface area contributed by atoms with Gasteiger partial charge < -0.3 is 0 Å². The Labute approximate surface area is 158 Å². The van der Waals surface area contributed by atoms with Crippen LogP contribution in [0.4, 0.5) is 8.78 Å². The highest BCUT2D eigenvalue weighted by Crippen LogP contribution is 2.23. The maximum absolute atomic E-state index is 13.4. The molecule has 4 rings (SSSR count). The van der Waals surface area contributed by atoms with Crippen molar-refractivity contribution in [3.05, 3.63) is 89.2 Å². The van der Waals surface area contributed by atoms with Gasteiger partial charge in [0.05, 0.1) is 12.7 Å². The minimum absolute atomic E-state index is 0.436. The molecule has 1 saturated heterocycles. The Kier molecular flexibility index (Phi) is 5.30. The highest BCUT2D eigenvalue weighted by atomic mass is 19.1. The molecule has 0 amide bonds. The predicted octanol–water partition coefficient (Wildman–Crippen LogP) is 4.27. The minimum Gasteiger partial charge on any atom is -0.299 e. The third kappa shape index (κ3) is 4.80. The van der Waals surface area contributed by atoms with E-state index in [4.69, 9.17) is 0 Å².